The first kappa shape index (κ1) is 12.5. The molecule has 0 bridgehead atoms. The first-order chi connectivity index (χ1) is 7.16. The van der Waals surface area contributed by atoms with E-state index in [4.69, 9.17) is 9.84 Å². The Morgan fingerprint density at radius 3 is 2.40 bits per heavy atom. The van der Waals surface area contributed by atoms with E-state index in [1.165, 1.54) is 0 Å². The number of hydrogen-bond acceptors (Lipinski definition) is 3. The third kappa shape index (κ3) is 3.48. The molecule has 4 nitrogen and oxygen atoms in total. The molecule has 1 saturated carbocycles. The van der Waals surface area contributed by atoms with Crippen molar-refractivity contribution < 1.29 is 19.4 Å². The Morgan fingerprint density at radius 1 is 1.27 bits per heavy atom. The highest BCUT2D eigenvalue weighted by Crippen LogP contribution is 2.31. The molecule has 0 aromatic heterocycles. The average Bonchev–Trinajstić information content (AvgIpc) is 2.25. The van der Waals surface area contributed by atoms with Crippen LogP contribution in [0.25, 0.3) is 0 Å². The topological polar surface area (TPSA) is 63.6 Å². The molecule has 5 heteroatoms. The SMILES string of the molecule is O=C(OCCBr)[C@H]1CCCC[C@H]1C(=O)O. The number of aliphatic carboxylic acids is 1. The maximum absolute atomic E-state index is 11.6. The molecule has 1 rings (SSSR count). The third-order valence-electron chi connectivity index (χ3n) is 2.71. The predicted molar refractivity (Wildman–Crippen MR) is 57.8 cm³/mol. The predicted octanol–water partition coefficient (Wildman–Crippen LogP) is 1.82. The van der Waals surface area contributed by atoms with Gasteiger partial charge in [-0.3, -0.25) is 9.59 Å². The Hall–Kier alpha value is -0.580. The normalized spacial score (nSPS) is 25.9. The zero-order chi connectivity index (χ0) is 11.3. The van der Waals surface area contributed by atoms with E-state index >= 15 is 0 Å². The van der Waals surface area contributed by atoms with E-state index in [2.05, 4.69) is 15.9 Å². The number of esters is 1. The van der Waals surface area contributed by atoms with Gasteiger partial charge < -0.3 is 9.84 Å². The Morgan fingerprint density at radius 2 is 1.87 bits per heavy atom. The van der Waals surface area contributed by atoms with Gasteiger partial charge in [-0.15, -0.1) is 0 Å². The molecule has 0 saturated heterocycles. The number of carboxylic acid groups (broad SMARTS) is 1. The van der Waals surface area contributed by atoms with Crippen LogP contribution in [0.15, 0.2) is 0 Å². The zero-order valence-electron chi connectivity index (χ0n) is 8.45. The van der Waals surface area contributed by atoms with Gasteiger partial charge in [0.1, 0.15) is 6.61 Å². The average molecular weight is 279 g/mol. The van der Waals surface area contributed by atoms with Gasteiger partial charge in [0.25, 0.3) is 0 Å². The number of halogens is 1. The van der Waals surface area contributed by atoms with E-state index in [1.807, 2.05) is 0 Å². The summed E-state index contributed by atoms with van der Waals surface area (Å²) in [5.74, 6) is -2.24. The molecular formula is C10H15BrO4. The Kier molecular flexibility index (Phi) is 5.08. The lowest BCUT2D eigenvalue weighted by Crippen LogP contribution is -2.34. The van der Waals surface area contributed by atoms with Crippen LogP contribution < -0.4 is 0 Å². The molecule has 15 heavy (non-hydrogen) atoms. The second kappa shape index (κ2) is 6.10. The fourth-order valence-corrected chi connectivity index (χ4v) is 2.12. The zero-order valence-corrected chi connectivity index (χ0v) is 10.0. The first-order valence-electron chi connectivity index (χ1n) is 5.12. The van der Waals surface area contributed by atoms with Crippen LogP contribution in [0, 0.1) is 11.8 Å². The van der Waals surface area contributed by atoms with E-state index in [0.717, 1.165) is 12.8 Å². The highest BCUT2D eigenvalue weighted by atomic mass is 79.9. The van der Waals surface area contributed by atoms with Crippen molar-refractivity contribution in [3.63, 3.8) is 0 Å². The third-order valence-corrected chi connectivity index (χ3v) is 3.03. The van der Waals surface area contributed by atoms with Crippen molar-refractivity contribution in [2.75, 3.05) is 11.9 Å². The standard InChI is InChI=1S/C10H15BrO4/c11-5-6-15-10(14)8-4-2-1-3-7(8)9(12)13/h7-8H,1-6H2,(H,12,13)/t7-,8+/m1/s1. The maximum atomic E-state index is 11.6. The van der Waals surface area contributed by atoms with Gasteiger partial charge in [0.05, 0.1) is 11.8 Å². The molecule has 1 N–H and O–H groups in total. The first-order valence-corrected chi connectivity index (χ1v) is 6.24. The number of rotatable bonds is 4. The van der Waals surface area contributed by atoms with Crippen molar-refractivity contribution in [1.29, 1.82) is 0 Å². The van der Waals surface area contributed by atoms with Crippen molar-refractivity contribution >= 4 is 27.9 Å². The molecule has 0 aliphatic heterocycles. The van der Waals surface area contributed by atoms with E-state index in [0.29, 0.717) is 24.8 Å². The lowest BCUT2D eigenvalue weighted by atomic mass is 9.79. The second-order valence-corrected chi connectivity index (χ2v) is 4.49. The lowest BCUT2D eigenvalue weighted by Gasteiger charge is -2.26. The van der Waals surface area contributed by atoms with Gasteiger partial charge in [-0.1, -0.05) is 28.8 Å². The summed E-state index contributed by atoms with van der Waals surface area (Å²) in [5, 5.41) is 9.55. The highest BCUT2D eigenvalue weighted by molar-refractivity contribution is 9.09. The van der Waals surface area contributed by atoms with Crippen LogP contribution in [0.4, 0.5) is 0 Å². The fraction of sp³-hybridized carbons (Fsp3) is 0.800. The molecule has 1 fully saturated rings. The Bertz CT molecular complexity index is 242. The summed E-state index contributed by atoms with van der Waals surface area (Å²) in [5.41, 5.74) is 0. The molecule has 86 valence electrons. The van der Waals surface area contributed by atoms with E-state index in [9.17, 15) is 9.59 Å². The van der Waals surface area contributed by atoms with Gasteiger partial charge in [0.2, 0.25) is 0 Å². The molecule has 1 aliphatic carbocycles. The van der Waals surface area contributed by atoms with Crippen molar-refractivity contribution in [3.8, 4) is 0 Å². The number of ether oxygens (including phenoxy) is 1. The number of carboxylic acids is 1. The summed E-state index contributed by atoms with van der Waals surface area (Å²) >= 11 is 3.15. The molecule has 2 atom stereocenters. The van der Waals surface area contributed by atoms with E-state index in [-0.39, 0.29) is 5.97 Å². The fourth-order valence-electron chi connectivity index (χ4n) is 1.95. The van der Waals surface area contributed by atoms with Crippen LogP contribution in [0.2, 0.25) is 0 Å². The summed E-state index contributed by atoms with van der Waals surface area (Å²) in [4.78, 5) is 22.5. The summed E-state index contributed by atoms with van der Waals surface area (Å²) in [6.07, 6.45) is 3.03. The Balaban J connectivity index is 2.55. The van der Waals surface area contributed by atoms with Crippen LogP contribution in [0.1, 0.15) is 25.7 Å². The molecule has 1 aliphatic rings. The van der Waals surface area contributed by atoms with Crippen molar-refractivity contribution in [2.45, 2.75) is 25.7 Å². The summed E-state index contributed by atoms with van der Waals surface area (Å²) < 4.78 is 4.96. The van der Waals surface area contributed by atoms with E-state index in [1.54, 1.807) is 0 Å². The maximum Gasteiger partial charge on any atom is 0.309 e. The van der Waals surface area contributed by atoms with Gasteiger partial charge >= 0.3 is 11.9 Å². The van der Waals surface area contributed by atoms with Crippen molar-refractivity contribution in [3.05, 3.63) is 0 Å². The molecule has 0 spiro atoms. The monoisotopic (exact) mass is 278 g/mol. The minimum absolute atomic E-state index is 0.307. The van der Waals surface area contributed by atoms with Gasteiger partial charge in [0.15, 0.2) is 0 Å². The molecule has 0 aromatic rings. The summed E-state index contributed by atoms with van der Waals surface area (Å²) in [6, 6.07) is 0. The van der Waals surface area contributed by atoms with Crippen LogP contribution in [-0.4, -0.2) is 29.0 Å². The minimum Gasteiger partial charge on any atom is -0.481 e. The molecule has 0 heterocycles. The largest absolute Gasteiger partial charge is 0.481 e. The quantitative estimate of drug-likeness (QED) is 0.629. The smallest absolute Gasteiger partial charge is 0.309 e. The molecule has 0 unspecified atom stereocenters. The van der Waals surface area contributed by atoms with Gasteiger partial charge in [0, 0.05) is 5.33 Å². The van der Waals surface area contributed by atoms with Crippen molar-refractivity contribution in [1.82, 2.24) is 0 Å². The van der Waals surface area contributed by atoms with Crippen molar-refractivity contribution in [2.24, 2.45) is 11.8 Å². The van der Waals surface area contributed by atoms with Gasteiger partial charge in [-0.2, -0.15) is 0 Å². The summed E-state index contributed by atoms with van der Waals surface area (Å²) in [6.45, 7) is 0.307. The Labute approximate surface area is 97.1 Å². The number of hydrogen-bond donors (Lipinski definition) is 1. The lowest BCUT2D eigenvalue weighted by molar-refractivity contribution is -0.159. The number of carbonyl (C=O) groups is 2. The van der Waals surface area contributed by atoms with E-state index < -0.39 is 17.8 Å². The molecule has 0 aromatic carbocycles. The molecule has 0 amide bonds. The minimum atomic E-state index is -0.879. The van der Waals surface area contributed by atoms with Crippen LogP contribution >= 0.6 is 15.9 Å². The molecule has 0 radical (unpaired) electrons. The van der Waals surface area contributed by atoms with Crippen LogP contribution in [0.3, 0.4) is 0 Å². The number of alkyl halides is 1. The second-order valence-electron chi connectivity index (χ2n) is 3.69. The van der Waals surface area contributed by atoms with Crippen LogP contribution in [-0.2, 0) is 14.3 Å². The summed E-state index contributed by atoms with van der Waals surface area (Å²) in [7, 11) is 0. The highest BCUT2D eigenvalue weighted by Gasteiger charge is 2.36. The van der Waals surface area contributed by atoms with Crippen LogP contribution in [0.5, 0.6) is 0 Å². The van der Waals surface area contributed by atoms with Gasteiger partial charge in [-0.25, -0.2) is 0 Å². The molecular weight excluding hydrogens is 264 g/mol. The van der Waals surface area contributed by atoms with Gasteiger partial charge in [-0.05, 0) is 12.8 Å². The number of carbonyl (C=O) groups excluding carboxylic acids is 1.